The summed E-state index contributed by atoms with van der Waals surface area (Å²) in [4.78, 5) is 30.8. The van der Waals surface area contributed by atoms with Crippen molar-refractivity contribution in [1.82, 2.24) is 14.7 Å². The third kappa shape index (κ3) is 3.61. The number of fused-ring (bicyclic) bond motifs is 2. The summed E-state index contributed by atoms with van der Waals surface area (Å²) in [5.74, 6) is -0.0674. The Balaban J connectivity index is 1.38. The number of anilines is 1. The van der Waals surface area contributed by atoms with Gasteiger partial charge in [0.1, 0.15) is 11.9 Å². The Morgan fingerprint density at radius 2 is 1.90 bits per heavy atom. The third-order valence-corrected chi connectivity index (χ3v) is 6.93. The minimum absolute atomic E-state index is 0.0833. The molecule has 3 heterocycles. The minimum Gasteiger partial charge on any atom is -0.324 e. The maximum absolute atomic E-state index is 13.3. The molecule has 0 saturated carbocycles. The molecule has 3 aromatic rings. The summed E-state index contributed by atoms with van der Waals surface area (Å²) in [6, 6.07) is 13.5. The number of hydrogen-bond donors (Lipinski definition) is 0. The van der Waals surface area contributed by atoms with Crippen LogP contribution < -0.4 is 4.90 Å². The molecule has 158 valence electrons. The lowest BCUT2D eigenvalue weighted by atomic mass is 10.0. The fraction of sp³-hybridized carbons (Fsp3) is 0.261. The fourth-order valence-electron chi connectivity index (χ4n) is 4.12. The number of hydrogen-bond acceptors (Lipinski definition) is 4. The Morgan fingerprint density at radius 1 is 1.13 bits per heavy atom. The van der Waals surface area contributed by atoms with Gasteiger partial charge in [-0.25, -0.2) is 4.39 Å². The van der Waals surface area contributed by atoms with E-state index in [0.717, 1.165) is 21.7 Å². The molecule has 0 bridgehead atoms. The number of nitrogens with zero attached hydrogens (tertiary/aromatic N) is 4. The number of likely N-dealkylation sites (N-methyl/N-ethyl adjacent to an activating group) is 1. The molecular formula is C23H21FN4O2S. The second-order valence-electron chi connectivity index (χ2n) is 7.77. The molecule has 0 unspecified atom stereocenters. The maximum atomic E-state index is 13.3. The van der Waals surface area contributed by atoms with Crippen LogP contribution in [0.25, 0.3) is 0 Å². The molecule has 8 heteroatoms. The topological polar surface area (TPSA) is 58.4 Å². The van der Waals surface area contributed by atoms with Crippen molar-refractivity contribution < 1.29 is 14.0 Å². The number of carbonyl (C=O) groups excluding carboxylic acids is 2. The number of rotatable bonds is 3. The first-order valence-electron chi connectivity index (χ1n) is 10.1. The van der Waals surface area contributed by atoms with E-state index >= 15 is 0 Å². The molecule has 0 spiro atoms. The summed E-state index contributed by atoms with van der Waals surface area (Å²) >= 11 is 1.60. The van der Waals surface area contributed by atoms with Gasteiger partial charge in [-0.15, -0.1) is 11.8 Å². The Morgan fingerprint density at radius 3 is 2.71 bits per heavy atom. The summed E-state index contributed by atoms with van der Waals surface area (Å²) in [6.45, 7) is 0.937. The SMILES string of the molecule is CN1C(=O)[C@@H](N2CCc3cn(Cc4ccc(F)cc4)nc3C2=O)CSc2ccccc21. The lowest BCUT2D eigenvalue weighted by Gasteiger charge is -2.33. The first-order chi connectivity index (χ1) is 15.0. The second kappa shape index (κ2) is 7.85. The van der Waals surface area contributed by atoms with Crippen LogP contribution in [0.15, 0.2) is 59.6 Å². The summed E-state index contributed by atoms with van der Waals surface area (Å²) < 4.78 is 14.9. The Hall–Kier alpha value is -3.13. The van der Waals surface area contributed by atoms with Gasteiger partial charge in [-0.2, -0.15) is 5.10 Å². The van der Waals surface area contributed by atoms with E-state index in [9.17, 15) is 14.0 Å². The highest BCUT2D eigenvalue weighted by Crippen LogP contribution is 2.35. The Labute approximate surface area is 183 Å². The molecule has 0 saturated heterocycles. The molecule has 1 atom stereocenters. The van der Waals surface area contributed by atoms with Gasteiger partial charge in [0.25, 0.3) is 5.91 Å². The average molecular weight is 437 g/mol. The number of aromatic nitrogens is 2. The number of halogens is 1. The third-order valence-electron chi connectivity index (χ3n) is 5.80. The molecule has 1 aromatic heterocycles. The highest BCUT2D eigenvalue weighted by atomic mass is 32.2. The van der Waals surface area contributed by atoms with Crippen LogP contribution in [-0.2, 0) is 17.8 Å². The van der Waals surface area contributed by atoms with Gasteiger partial charge in [0.2, 0.25) is 5.91 Å². The van der Waals surface area contributed by atoms with E-state index in [4.69, 9.17) is 0 Å². The van der Waals surface area contributed by atoms with Crippen LogP contribution in [0.3, 0.4) is 0 Å². The molecule has 0 aliphatic carbocycles. The van der Waals surface area contributed by atoms with Gasteiger partial charge in [-0.3, -0.25) is 14.3 Å². The van der Waals surface area contributed by atoms with E-state index in [-0.39, 0.29) is 17.6 Å². The predicted molar refractivity (Wildman–Crippen MR) is 117 cm³/mol. The second-order valence-corrected chi connectivity index (χ2v) is 8.83. The number of benzene rings is 2. The summed E-state index contributed by atoms with van der Waals surface area (Å²) in [5, 5.41) is 4.50. The summed E-state index contributed by atoms with van der Waals surface area (Å²) in [5.41, 5.74) is 3.05. The van der Waals surface area contributed by atoms with E-state index in [1.165, 1.54) is 12.1 Å². The fourth-order valence-corrected chi connectivity index (χ4v) is 5.31. The molecule has 5 rings (SSSR count). The molecule has 2 amide bonds. The monoisotopic (exact) mass is 436 g/mol. The van der Waals surface area contributed by atoms with Crippen molar-refractivity contribution >= 4 is 29.3 Å². The van der Waals surface area contributed by atoms with E-state index in [2.05, 4.69) is 5.10 Å². The molecule has 31 heavy (non-hydrogen) atoms. The molecular weight excluding hydrogens is 415 g/mol. The van der Waals surface area contributed by atoms with Gasteiger partial charge in [-0.05, 0) is 36.2 Å². The molecule has 6 nitrogen and oxygen atoms in total. The number of carbonyl (C=O) groups is 2. The molecule has 2 aliphatic rings. The number of para-hydroxylation sites is 1. The van der Waals surface area contributed by atoms with Crippen LogP contribution >= 0.6 is 11.8 Å². The van der Waals surface area contributed by atoms with E-state index in [1.54, 1.807) is 45.4 Å². The number of thioether (sulfide) groups is 1. The van der Waals surface area contributed by atoms with E-state index < -0.39 is 6.04 Å². The van der Waals surface area contributed by atoms with Crippen molar-refractivity contribution in [2.75, 3.05) is 24.2 Å². The van der Waals surface area contributed by atoms with Crippen molar-refractivity contribution in [2.45, 2.75) is 23.9 Å². The van der Waals surface area contributed by atoms with Gasteiger partial charge in [0, 0.05) is 36.0 Å². The Kier molecular flexibility index (Phi) is 5.02. The normalized spacial score (nSPS) is 18.6. The van der Waals surface area contributed by atoms with Gasteiger partial charge >= 0.3 is 0 Å². The van der Waals surface area contributed by atoms with Crippen LogP contribution in [0.4, 0.5) is 10.1 Å². The smallest absolute Gasteiger partial charge is 0.275 e. The zero-order valence-electron chi connectivity index (χ0n) is 17.0. The molecule has 0 fully saturated rings. The maximum Gasteiger partial charge on any atom is 0.275 e. The largest absolute Gasteiger partial charge is 0.324 e. The van der Waals surface area contributed by atoms with Crippen LogP contribution in [0.5, 0.6) is 0 Å². The highest BCUT2D eigenvalue weighted by Gasteiger charge is 2.39. The first kappa shape index (κ1) is 19.8. The van der Waals surface area contributed by atoms with Crippen molar-refractivity contribution in [3.63, 3.8) is 0 Å². The lowest BCUT2D eigenvalue weighted by molar-refractivity contribution is -0.122. The van der Waals surface area contributed by atoms with Crippen LogP contribution in [0, 0.1) is 5.82 Å². The summed E-state index contributed by atoms with van der Waals surface area (Å²) in [6.07, 6.45) is 2.52. The lowest BCUT2D eigenvalue weighted by Crippen LogP contribution is -2.53. The van der Waals surface area contributed by atoms with E-state index in [0.29, 0.717) is 31.0 Å². The molecule has 0 N–H and O–H groups in total. The zero-order valence-corrected chi connectivity index (χ0v) is 17.8. The van der Waals surface area contributed by atoms with Crippen molar-refractivity contribution in [2.24, 2.45) is 0 Å². The van der Waals surface area contributed by atoms with Crippen LogP contribution in [-0.4, -0.2) is 51.9 Å². The van der Waals surface area contributed by atoms with Gasteiger partial charge in [0.15, 0.2) is 5.69 Å². The average Bonchev–Trinajstić information content (AvgIpc) is 3.14. The van der Waals surface area contributed by atoms with Crippen molar-refractivity contribution in [1.29, 1.82) is 0 Å². The zero-order chi connectivity index (χ0) is 21.5. The minimum atomic E-state index is -0.537. The van der Waals surface area contributed by atoms with Gasteiger partial charge in [-0.1, -0.05) is 24.3 Å². The van der Waals surface area contributed by atoms with E-state index in [1.807, 2.05) is 30.5 Å². The van der Waals surface area contributed by atoms with Crippen molar-refractivity contribution in [3.8, 4) is 0 Å². The highest BCUT2D eigenvalue weighted by molar-refractivity contribution is 7.99. The van der Waals surface area contributed by atoms with Gasteiger partial charge < -0.3 is 9.80 Å². The van der Waals surface area contributed by atoms with Crippen LogP contribution in [0.2, 0.25) is 0 Å². The van der Waals surface area contributed by atoms with Crippen LogP contribution in [0.1, 0.15) is 21.6 Å². The Bertz CT molecular complexity index is 1160. The van der Waals surface area contributed by atoms with Gasteiger partial charge in [0.05, 0.1) is 12.2 Å². The quantitative estimate of drug-likeness (QED) is 0.633. The molecule has 2 aromatic carbocycles. The summed E-state index contributed by atoms with van der Waals surface area (Å²) in [7, 11) is 1.76. The first-order valence-corrected chi connectivity index (χ1v) is 11.1. The standard InChI is InChI=1S/C23H21FN4O2S/c1-26-18-4-2-3-5-20(18)31-14-19(22(26)29)28-11-10-16-13-27(25-21(16)23(28)30)12-15-6-8-17(24)9-7-15/h2-9,13,19H,10-12,14H2,1H3/t19-/m0/s1. The van der Waals surface area contributed by atoms with Crippen molar-refractivity contribution in [3.05, 3.63) is 77.4 Å². The predicted octanol–water partition coefficient (Wildman–Crippen LogP) is 3.21. The number of amides is 2. The molecule has 2 aliphatic heterocycles. The molecule has 0 radical (unpaired) electrons.